The van der Waals surface area contributed by atoms with Gasteiger partial charge in [0.05, 0.1) is 7.11 Å². The Morgan fingerprint density at radius 1 is 1.43 bits per heavy atom. The molecule has 0 amide bonds. The first kappa shape index (κ1) is 13.4. The van der Waals surface area contributed by atoms with Gasteiger partial charge in [0, 0.05) is 0 Å². The topological polar surface area (TPSA) is 26.3 Å². The SMILES string of the molecule is CCC/C=C(/C=C(\Br)C(=O)OC)CC. The maximum absolute atomic E-state index is 11.1. The molecule has 3 heteroatoms. The van der Waals surface area contributed by atoms with Gasteiger partial charge >= 0.3 is 5.97 Å². The summed E-state index contributed by atoms with van der Waals surface area (Å²) in [6.45, 7) is 4.19. The summed E-state index contributed by atoms with van der Waals surface area (Å²) in [6.07, 6.45) is 7.05. The van der Waals surface area contributed by atoms with E-state index in [2.05, 4.69) is 40.6 Å². The third kappa shape index (κ3) is 5.22. The number of hydrogen-bond acceptors (Lipinski definition) is 2. The molecule has 80 valence electrons. The zero-order valence-electron chi connectivity index (χ0n) is 8.97. The lowest BCUT2D eigenvalue weighted by Gasteiger charge is -2.00. The van der Waals surface area contributed by atoms with Crippen LogP contribution in [0.4, 0.5) is 0 Å². The van der Waals surface area contributed by atoms with Crippen molar-refractivity contribution in [3.63, 3.8) is 0 Å². The monoisotopic (exact) mass is 260 g/mol. The maximum Gasteiger partial charge on any atom is 0.344 e. The van der Waals surface area contributed by atoms with Crippen LogP contribution in [0.5, 0.6) is 0 Å². The van der Waals surface area contributed by atoms with Gasteiger partial charge in [-0.3, -0.25) is 0 Å². The molecule has 0 aliphatic heterocycles. The van der Waals surface area contributed by atoms with E-state index in [0.717, 1.165) is 24.8 Å². The standard InChI is InChI=1S/C11H17BrO2/c1-4-6-7-9(5-2)8-10(12)11(13)14-3/h7-8H,4-6H2,1-3H3/b9-7+,10-8-. The van der Waals surface area contributed by atoms with Gasteiger partial charge in [0.2, 0.25) is 0 Å². The fraction of sp³-hybridized carbons (Fsp3) is 0.545. The first-order valence-corrected chi connectivity index (χ1v) is 5.59. The molecule has 0 aliphatic carbocycles. The minimum Gasteiger partial charge on any atom is -0.465 e. The summed E-state index contributed by atoms with van der Waals surface area (Å²) in [5.74, 6) is -0.333. The fourth-order valence-corrected chi connectivity index (χ4v) is 1.41. The average molecular weight is 261 g/mol. The van der Waals surface area contributed by atoms with Crippen LogP contribution < -0.4 is 0 Å². The second kappa shape index (κ2) is 7.80. The van der Waals surface area contributed by atoms with Gasteiger partial charge in [-0.15, -0.1) is 0 Å². The number of esters is 1. The third-order valence-corrected chi connectivity index (χ3v) is 2.35. The highest BCUT2D eigenvalue weighted by Crippen LogP contribution is 2.14. The average Bonchev–Trinajstić information content (AvgIpc) is 2.22. The summed E-state index contributed by atoms with van der Waals surface area (Å²) in [6, 6.07) is 0. The van der Waals surface area contributed by atoms with E-state index < -0.39 is 0 Å². The van der Waals surface area contributed by atoms with Crippen molar-refractivity contribution in [3.8, 4) is 0 Å². The van der Waals surface area contributed by atoms with E-state index in [1.54, 1.807) is 0 Å². The molecule has 0 rings (SSSR count). The minimum absolute atomic E-state index is 0.333. The zero-order chi connectivity index (χ0) is 11.0. The van der Waals surface area contributed by atoms with Crippen molar-refractivity contribution in [2.75, 3.05) is 7.11 Å². The second-order valence-electron chi connectivity index (χ2n) is 2.91. The fourth-order valence-electron chi connectivity index (χ4n) is 0.954. The Kier molecular flexibility index (Phi) is 7.48. The van der Waals surface area contributed by atoms with E-state index in [0.29, 0.717) is 4.48 Å². The Morgan fingerprint density at radius 3 is 2.50 bits per heavy atom. The van der Waals surface area contributed by atoms with Gasteiger partial charge in [0.1, 0.15) is 4.48 Å². The van der Waals surface area contributed by atoms with Crippen LogP contribution in [0.25, 0.3) is 0 Å². The first-order valence-electron chi connectivity index (χ1n) is 4.80. The highest BCUT2D eigenvalue weighted by atomic mass is 79.9. The number of ether oxygens (including phenoxy) is 1. The molecular weight excluding hydrogens is 244 g/mol. The summed E-state index contributed by atoms with van der Waals surface area (Å²) in [4.78, 5) is 11.1. The number of carbonyl (C=O) groups is 1. The number of allylic oxidation sites excluding steroid dienone is 3. The molecule has 0 bridgehead atoms. The number of unbranched alkanes of at least 4 members (excludes halogenated alkanes) is 1. The molecule has 0 fully saturated rings. The van der Waals surface area contributed by atoms with E-state index in [1.165, 1.54) is 7.11 Å². The van der Waals surface area contributed by atoms with Crippen molar-refractivity contribution in [2.24, 2.45) is 0 Å². The molecule has 0 aromatic carbocycles. The van der Waals surface area contributed by atoms with Crippen molar-refractivity contribution < 1.29 is 9.53 Å². The van der Waals surface area contributed by atoms with Gasteiger partial charge < -0.3 is 4.74 Å². The summed E-state index contributed by atoms with van der Waals surface area (Å²) >= 11 is 3.18. The molecular formula is C11H17BrO2. The lowest BCUT2D eigenvalue weighted by Crippen LogP contribution is -1.99. The van der Waals surface area contributed by atoms with E-state index in [1.807, 2.05) is 6.08 Å². The van der Waals surface area contributed by atoms with Crippen LogP contribution >= 0.6 is 15.9 Å². The Labute approximate surface area is 94.2 Å². The highest BCUT2D eigenvalue weighted by molar-refractivity contribution is 9.12. The number of rotatable bonds is 5. The van der Waals surface area contributed by atoms with E-state index in [4.69, 9.17) is 0 Å². The van der Waals surface area contributed by atoms with Crippen molar-refractivity contribution in [1.29, 1.82) is 0 Å². The molecule has 0 heterocycles. The van der Waals surface area contributed by atoms with E-state index in [9.17, 15) is 4.79 Å². The molecule has 0 atom stereocenters. The van der Waals surface area contributed by atoms with Crippen molar-refractivity contribution in [1.82, 2.24) is 0 Å². The Bertz CT molecular complexity index is 242. The molecule has 2 nitrogen and oxygen atoms in total. The van der Waals surface area contributed by atoms with E-state index in [-0.39, 0.29) is 5.97 Å². The Morgan fingerprint density at radius 2 is 2.07 bits per heavy atom. The minimum atomic E-state index is -0.333. The van der Waals surface area contributed by atoms with Gasteiger partial charge in [-0.25, -0.2) is 4.79 Å². The second-order valence-corrected chi connectivity index (χ2v) is 3.76. The molecule has 0 saturated carbocycles. The van der Waals surface area contributed by atoms with Gasteiger partial charge in [-0.2, -0.15) is 0 Å². The molecule has 14 heavy (non-hydrogen) atoms. The maximum atomic E-state index is 11.1. The van der Waals surface area contributed by atoms with Crippen molar-refractivity contribution >= 4 is 21.9 Å². The lowest BCUT2D eigenvalue weighted by atomic mass is 10.1. The lowest BCUT2D eigenvalue weighted by molar-refractivity contribution is -0.135. The van der Waals surface area contributed by atoms with Crippen LogP contribution in [0.1, 0.15) is 33.1 Å². The Hall–Kier alpha value is -0.570. The van der Waals surface area contributed by atoms with Gasteiger partial charge in [-0.1, -0.05) is 31.9 Å². The molecule has 0 aromatic rings. The number of carbonyl (C=O) groups excluding carboxylic acids is 1. The smallest absolute Gasteiger partial charge is 0.344 e. The molecule has 0 aliphatic rings. The predicted octanol–water partition coefficient (Wildman–Crippen LogP) is 3.57. The molecule has 0 unspecified atom stereocenters. The number of hydrogen-bond donors (Lipinski definition) is 0. The molecule has 0 N–H and O–H groups in total. The van der Waals surface area contributed by atoms with Crippen LogP contribution in [0.2, 0.25) is 0 Å². The molecule has 0 aromatic heterocycles. The molecule has 0 spiro atoms. The summed E-state index contributed by atoms with van der Waals surface area (Å²) in [5, 5.41) is 0. The highest BCUT2D eigenvalue weighted by Gasteiger charge is 2.04. The van der Waals surface area contributed by atoms with Gasteiger partial charge in [-0.05, 0) is 34.8 Å². The Balaban J connectivity index is 4.49. The molecule has 0 saturated heterocycles. The number of halogens is 1. The van der Waals surface area contributed by atoms with E-state index >= 15 is 0 Å². The van der Waals surface area contributed by atoms with Crippen LogP contribution in [0.15, 0.2) is 22.2 Å². The largest absolute Gasteiger partial charge is 0.465 e. The third-order valence-electron chi connectivity index (χ3n) is 1.80. The van der Waals surface area contributed by atoms with Crippen LogP contribution in [0.3, 0.4) is 0 Å². The zero-order valence-corrected chi connectivity index (χ0v) is 10.6. The van der Waals surface area contributed by atoms with Gasteiger partial charge in [0.15, 0.2) is 0 Å². The predicted molar refractivity (Wildman–Crippen MR) is 62.3 cm³/mol. The van der Waals surface area contributed by atoms with Crippen LogP contribution in [0, 0.1) is 0 Å². The summed E-state index contributed by atoms with van der Waals surface area (Å²) < 4.78 is 5.06. The van der Waals surface area contributed by atoms with Crippen molar-refractivity contribution in [2.45, 2.75) is 33.1 Å². The van der Waals surface area contributed by atoms with Gasteiger partial charge in [0.25, 0.3) is 0 Å². The summed E-state index contributed by atoms with van der Waals surface area (Å²) in [7, 11) is 1.37. The van der Waals surface area contributed by atoms with Crippen LogP contribution in [-0.2, 0) is 9.53 Å². The molecule has 0 radical (unpaired) electrons. The van der Waals surface area contributed by atoms with Crippen molar-refractivity contribution in [3.05, 3.63) is 22.2 Å². The normalized spacial score (nSPS) is 12.9. The first-order chi connectivity index (χ1) is 6.65. The quantitative estimate of drug-likeness (QED) is 0.429. The number of methoxy groups -OCH3 is 1. The summed E-state index contributed by atoms with van der Waals surface area (Å²) in [5.41, 5.74) is 1.16. The van der Waals surface area contributed by atoms with Crippen LogP contribution in [-0.4, -0.2) is 13.1 Å².